The zero-order valence-corrected chi connectivity index (χ0v) is 27.3. The van der Waals surface area contributed by atoms with Crippen molar-refractivity contribution in [3.8, 4) is 0 Å². The molecule has 0 atom stereocenters. The zero-order chi connectivity index (χ0) is 29.6. The van der Waals surface area contributed by atoms with E-state index < -0.39 is 23.4 Å². The number of anilines is 2. The predicted octanol–water partition coefficient (Wildman–Crippen LogP) is 7.57. The van der Waals surface area contributed by atoms with Crippen molar-refractivity contribution in [3.63, 3.8) is 0 Å². The monoisotopic (exact) mass is 800 g/mol. The van der Waals surface area contributed by atoms with Gasteiger partial charge in [-0.15, -0.1) is 0 Å². The van der Waals surface area contributed by atoms with E-state index in [1.54, 1.807) is 55.5 Å². The Morgan fingerprint density at radius 2 is 1.44 bits per heavy atom. The molecule has 0 unspecified atom stereocenters. The fourth-order valence-electron chi connectivity index (χ4n) is 4.58. The molecule has 0 spiro atoms. The van der Waals surface area contributed by atoms with Crippen LogP contribution < -0.4 is 9.80 Å². The van der Waals surface area contributed by atoms with Gasteiger partial charge in [-0.1, -0.05) is 44.0 Å². The van der Waals surface area contributed by atoms with Crippen LogP contribution in [0.5, 0.6) is 0 Å². The van der Waals surface area contributed by atoms with Crippen molar-refractivity contribution in [1.29, 1.82) is 5.41 Å². The third-order valence-electron chi connectivity index (χ3n) is 6.28. The number of Topliss-reactive ketones (excluding diaryl/α,β-unsaturated/α-hetero) is 2. The molecule has 0 saturated heterocycles. The van der Waals surface area contributed by atoms with Gasteiger partial charge in [0.25, 0.3) is 11.8 Å². The molecule has 8 nitrogen and oxygen atoms in total. The molecule has 0 radical (unpaired) electrons. The Morgan fingerprint density at radius 3 is 1.95 bits per heavy atom. The maximum atomic E-state index is 14.2. The van der Waals surface area contributed by atoms with Gasteiger partial charge in [-0.05, 0) is 81.3 Å². The van der Waals surface area contributed by atoms with Crippen LogP contribution in [0.25, 0.3) is 0 Å². The predicted molar refractivity (Wildman–Crippen MR) is 170 cm³/mol. The SMILES string of the molecule is C/C=C\C=C(/C=N)C(=O)N1/C(=C2\C(=O)c3cc(Br)cc(Br)c3N2C(=O)c2cccnc2)C(=O)c2cc(Br)cc(Br)c21. The summed E-state index contributed by atoms with van der Waals surface area (Å²) in [6.07, 6.45) is 8.45. The van der Waals surface area contributed by atoms with E-state index in [9.17, 15) is 19.2 Å². The number of benzene rings is 2. The largest absolute Gasteiger partial charge is 0.308 e. The van der Waals surface area contributed by atoms with E-state index in [2.05, 4.69) is 68.7 Å². The molecule has 1 N–H and O–H groups in total. The Morgan fingerprint density at radius 1 is 0.878 bits per heavy atom. The van der Waals surface area contributed by atoms with Gasteiger partial charge < -0.3 is 5.41 Å². The Hall–Kier alpha value is -3.32. The molecule has 2 aliphatic rings. The number of aromatic nitrogens is 1. The highest BCUT2D eigenvalue weighted by atomic mass is 79.9. The molecular weight excluding hydrogens is 788 g/mol. The molecule has 0 saturated carbocycles. The summed E-state index contributed by atoms with van der Waals surface area (Å²) in [7, 11) is 0. The lowest BCUT2D eigenvalue weighted by Gasteiger charge is -2.25. The number of hydrogen-bond acceptors (Lipinski definition) is 6. The number of hydrogen-bond donors (Lipinski definition) is 1. The number of pyridine rings is 1. The Labute approximate surface area is 267 Å². The third-order valence-corrected chi connectivity index (χ3v) is 8.40. The number of fused-ring (bicyclic) bond motifs is 2. The average Bonchev–Trinajstić information content (AvgIpc) is 3.39. The summed E-state index contributed by atoms with van der Waals surface area (Å²) in [5.74, 6) is -2.62. The van der Waals surface area contributed by atoms with Crippen LogP contribution in [0.4, 0.5) is 11.4 Å². The van der Waals surface area contributed by atoms with Crippen molar-refractivity contribution >= 4 is 105 Å². The molecule has 12 heteroatoms. The van der Waals surface area contributed by atoms with Gasteiger partial charge in [0, 0.05) is 36.5 Å². The molecule has 2 aromatic carbocycles. The zero-order valence-electron chi connectivity index (χ0n) is 20.9. The molecule has 5 rings (SSSR count). The molecule has 3 heterocycles. The smallest absolute Gasteiger partial charge is 0.264 e. The van der Waals surface area contributed by atoms with Gasteiger partial charge in [0.2, 0.25) is 11.6 Å². The number of carbonyl (C=O) groups excluding carboxylic acids is 4. The highest BCUT2D eigenvalue weighted by molar-refractivity contribution is 9.11. The maximum Gasteiger partial charge on any atom is 0.264 e. The van der Waals surface area contributed by atoms with Crippen molar-refractivity contribution < 1.29 is 19.2 Å². The van der Waals surface area contributed by atoms with Crippen LogP contribution in [0, 0.1) is 5.41 Å². The van der Waals surface area contributed by atoms with E-state index in [0.29, 0.717) is 17.9 Å². The van der Waals surface area contributed by atoms with Gasteiger partial charge in [0.15, 0.2) is 0 Å². The number of allylic oxidation sites excluding steroid dienone is 5. The molecule has 2 aliphatic heterocycles. The molecule has 0 aliphatic carbocycles. The molecule has 41 heavy (non-hydrogen) atoms. The van der Waals surface area contributed by atoms with Crippen LogP contribution in [0.3, 0.4) is 0 Å². The van der Waals surface area contributed by atoms with E-state index >= 15 is 0 Å². The fraction of sp³-hybridized carbons (Fsp3) is 0.0345. The number of amides is 2. The van der Waals surface area contributed by atoms with Crippen molar-refractivity contribution in [2.75, 3.05) is 9.80 Å². The average molecular weight is 804 g/mol. The number of rotatable bonds is 4. The molecule has 2 amide bonds. The molecule has 204 valence electrons. The summed E-state index contributed by atoms with van der Waals surface area (Å²) in [4.78, 5) is 62.7. The van der Waals surface area contributed by atoms with E-state index in [-0.39, 0.29) is 45.0 Å². The highest BCUT2D eigenvalue weighted by Gasteiger charge is 2.48. The van der Waals surface area contributed by atoms with Crippen LogP contribution in [0.2, 0.25) is 0 Å². The van der Waals surface area contributed by atoms with Crippen molar-refractivity contribution in [3.05, 3.63) is 119 Å². The number of nitrogens with one attached hydrogen (secondary N) is 1. The molecule has 0 bridgehead atoms. The fourth-order valence-corrected chi connectivity index (χ4v) is 7.38. The first-order valence-corrected chi connectivity index (χ1v) is 15.0. The summed E-state index contributed by atoms with van der Waals surface area (Å²) in [6.45, 7) is 1.76. The molecule has 1 aromatic heterocycles. The van der Waals surface area contributed by atoms with Crippen molar-refractivity contribution in [1.82, 2.24) is 4.98 Å². The van der Waals surface area contributed by atoms with E-state index in [1.807, 2.05) is 0 Å². The van der Waals surface area contributed by atoms with Gasteiger partial charge >= 0.3 is 0 Å². The third kappa shape index (κ3) is 4.92. The number of ketones is 2. The van der Waals surface area contributed by atoms with E-state index in [1.165, 1.54) is 18.5 Å². The van der Waals surface area contributed by atoms with Crippen molar-refractivity contribution in [2.24, 2.45) is 0 Å². The van der Waals surface area contributed by atoms with Gasteiger partial charge in [0.05, 0.1) is 33.6 Å². The van der Waals surface area contributed by atoms with Gasteiger partial charge in [-0.3, -0.25) is 34.0 Å². The van der Waals surface area contributed by atoms with E-state index in [0.717, 1.165) is 16.0 Å². The Balaban J connectivity index is 1.88. The second kappa shape index (κ2) is 11.5. The summed E-state index contributed by atoms with van der Waals surface area (Å²) in [5, 5.41) is 7.90. The summed E-state index contributed by atoms with van der Waals surface area (Å²) in [5.41, 5.74) is 0.223. The maximum absolute atomic E-state index is 14.2. The van der Waals surface area contributed by atoms with Gasteiger partial charge in [-0.25, -0.2) is 0 Å². The second-order valence-electron chi connectivity index (χ2n) is 8.74. The van der Waals surface area contributed by atoms with Crippen LogP contribution in [-0.2, 0) is 4.79 Å². The molecular formula is C29H16Br4N4O4. The van der Waals surface area contributed by atoms with Crippen LogP contribution in [0.1, 0.15) is 38.0 Å². The topological polar surface area (TPSA) is 112 Å². The minimum absolute atomic E-state index is 0.0475. The van der Waals surface area contributed by atoms with Crippen LogP contribution in [0.15, 0.2) is 102 Å². The minimum atomic E-state index is -0.728. The normalized spacial score (nSPS) is 16.5. The summed E-state index contributed by atoms with van der Waals surface area (Å²) in [6, 6.07) is 9.57. The minimum Gasteiger partial charge on any atom is -0.308 e. The standard InChI is InChI=1S/C29H16Br4N4O4/c1-2-3-5-14(12-34)28(40)36-22-18(8-16(30)10-20(22)32)26(38)24(36)25-27(39)19-9-17(31)11-21(33)23(19)37(25)29(41)15-6-4-7-35-13-15/h2-13,34H,1H3/b3-2-,14-5+,25-24+,34-12?. The Bertz CT molecular complexity index is 1800. The number of carbonyl (C=O) groups is 4. The number of nitrogens with zero attached hydrogens (tertiary/aromatic N) is 3. The Kier molecular flexibility index (Phi) is 8.20. The van der Waals surface area contributed by atoms with Gasteiger partial charge in [-0.2, -0.15) is 0 Å². The van der Waals surface area contributed by atoms with Gasteiger partial charge in [0.1, 0.15) is 11.4 Å². The quantitative estimate of drug-likeness (QED) is 0.166. The second-order valence-corrected chi connectivity index (χ2v) is 12.3. The lowest BCUT2D eigenvalue weighted by atomic mass is 10.1. The first kappa shape index (κ1) is 29.2. The lowest BCUT2D eigenvalue weighted by molar-refractivity contribution is -0.114. The molecule has 0 fully saturated rings. The first-order chi connectivity index (χ1) is 19.6. The summed E-state index contributed by atoms with van der Waals surface area (Å²) < 4.78 is 1.94. The van der Waals surface area contributed by atoms with E-state index in [4.69, 9.17) is 5.41 Å². The first-order valence-electron chi connectivity index (χ1n) is 11.8. The highest BCUT2D eigenvalue weighted by Crippen LogP contribution is 2.49. The van der Waals surface area contributed by atoms with Crippen LogP contribution >= 0.6 is 63.7 Å². The van der Waals surface area contributed by atoms with Crippen LogP contribution in [-0.4, -0.2) is 34.6 Å². The summed E-state index contributed by atoms with van der Waals surface area (Å²) >= 11 is 13.7. The van der Waals surface area contributed by atoms with Crippen molar-refractivity contribution in [2.45, 2.75) is 6.92 Å². The lowest BCUT2D eigenvalue weighted by Crippen LogP contribution is -2.37. The number of halogens is 4. The molecule has 3 aromatic rings.